The van der Waals surface area contributed by atoms with E-state index in [1.807, 2.05) is 24.3 Å². The van der Waals surface area contributed by atoms with E-state index in [1.54, 1.807) is 31.2 Å². The van der Waals surface area contributed by atoms with Gasteiger partial charge in [-0.05, 0) is 60.9 Å². The highest BCUT2D eigenvalue weighted by atomic mass is 16.5. The topological polar surface area (TPSA) is 65.4 Å². The molecule has 0 spiro atoms. The van der Waals surface area contributed by atoms with Crippen LogP contribution in [0.5, 0.6) is 5.75 Å². The minimum absolute atomic E-state index is 0.214. The number of benzene rings is 3. The van der Waals surface area contributed by atoms with Crippen molar-refractivity contribution in [3.63, 3.8) is 0 Å². The molecule has 0 saturated carbocycles. The number of fused-ring (bicyclic) bond motifs is 1. The minimum atomic E-state index is -0.668. The standard InChI is InChI=1S/C25H23N3O2/c1-18(30-22-12-10-19(16-26)11-13-22)25(29)27-23-8-4-2-7-21(23)17-28-15-14-20-6-3-5-9-24(20)28/h2-13,18H,14-15,17H2,1H3,(H,27,29). The maximum Gasteiger partial charge on any atom is 0.265 e. The molecule has 1 unspecified atom stereocenters. The van der Waals surface area contributed by atoms with E-state index >= 15 is 0 Å². The first kappa shape index (κ1) is 19.5. The normalized spacial score (nSPS) is 13.3. The fraction of sp³-hybridized carbons (Fsp3) is 0.200. The third kappa shape index (κ3) is 4.28. The van der Waals surface area contributed by atoms with Crippen LogP contribution in [0, 0.1) is 11.3 Å². The molecular formula is C25H23N3O2. The van der Waals surface area contributed by atoms with Gasteiger partial charge in [-0.2, -0.15) is 5.26 Å². The lowest BCUT2D eigenvalue weighted by molar-refractivity contribution is -0.122. The van der Waals surface area contributed by atoms with Gasteiger partial charge in [-0.15, -0.1) is 0 Å². The summed E-state index contributed by atoms with van der Waals surface area (Å²) < 4.78 is 5.74. The van der Waals surface area contributed by atoms with E-state index in [-0.39, 0.29) is 5.91 Å². The van der Waals surface area contributed by atoms with Crippen LogP contribution in [0.15, 0.2) is 72.8 Å². The van der Waals surface area contributed by atoms with Gasteiger partial charge in [0.1, 0.15) is 5.75 Å². The van der Waals surface area contributed by atoms with E-state index in [2.05, 4.69) is 40.6 Å². The van der Waals surface area contributed by atoms with E-state index in [0.717, 1.165) is 30.8 Å². The van der Waals surface area contributed by atoms with Crippen LogP contribution in [0.25, 0.3) is 0 Å². The van der Waals surface area contributed by atoms with Crippen LogP contribution in [0.4, 0.5) is 11.4 Å². The molecular weight excluding hydrogens is 374 g/mol. The predicted molar refractivity (Wildman–Crippen MR) is 118 cm³/mol. The van der Waals surface area contributed by atoms with Crippen LogP contribution in [0.2, 0.25) is 0 Å². The van der Waals surface area contributed by atoms with Crippen molar-refractivity contribution in [3.8, 4) is 11.8 Å². The quantitative estimate of drug-likeness (QED) is 0.664. The lowest BCUT2D eigenvalue weighted by atomic mass is 10.1. The summed E-state index contributed by atoms with van der Waals surface area (Å²) in [6.45, 7) is 3.42. The second-order valence-corrected chi connectivity index (χ2v) is 7.34. The number of para-hydroxylation sites is 2. The summed E-state index contributed by atoms with van der Waals surface area (Å²) in [5.41, 5.74) is 5.03. The van der Waals surface area contributed by atoms with Crippen molar-refractivity contribution in [3.05, 3.63) is 89.5 Å². The Labute approximate surface area is 176 Å². The first-order chi connectivity index (χ1) is 14.6. The van der Waals surface area contributed by atoms with Crippen molar-refractivity contribution in [1.82, 2.24) is 0 Å². The number of amides is 1. The summed E-state index contributed by atoms with van der Waals surface area (Å²) in [6, 6.07) is 25.1. The zero-order valence-electron chi connectivity index (χ0n) is 16.8. The Morgan fingerprint density at radius 2 is 1.83 bits per heavy atom. The largest absolute Gasteiger partial charge is 0.481 e. The van der Waals surface area contributed by atoms with Gasteiger partial charge in [0.15, 0.2) is 6.10 Å². The van der Waals surface area contributed by atoms with E-state index in [0.29, 0.717) is 11.3 Å². The molecule has 30 heavy (non-hydrogen) atoms. The number of carbonyl (C=O) groups is 1. The Bertz CT molecular complexity index is 1090. The molecule has 1 aliphatic rings. The molecule has 4 rings (SSSR count). The van der Waals surface area contributed by atoms with Crippen LogP contribution in [0.3, 0.4) is 0 Å². The molecule has 0 radical (unpaired) electrons. The van der Waals surface area contributed by atoms with Crippen molar-refractivity contribution in [2.45, 2.75) is 26.0 Å². The molecule has 1 amide bonds. The first-order valence-electron chi connectivity index (χ1n) is 10.0. The number of carbonyl (C=O) groups excluding carboxylic acids is 1. The lowest BCUT2D eigenvalue weighted by Crippen LogP contribution is -2.31. The van der Waals surface area contributed by atoms with Crippen LogP contribution in [-0.4, -0.2) is 18.6 Å². The number of anilines is 2. The van der Waals surface area contributed by atoms with Crippen molar-refractivity contribution >= 4 is 17.3 Å². The molecule has 3 aromatic carbocycles. The fourth-order valence-corrected chi connectivity index (χ4v) is 3.66. The zero-order valence-corrected chi connectivity index (χ0v) is 16.8. The van der Waals surface area contributed by atoms with Gasteiger partial charge in [-0.1, -0.05) is 36.4 Å². The smallest absolute Gasteiger partial charge is 0.265 e. The van der Waals surface area contributed by atoms with Crippen molar-refractivity contribution in [2.24, 2.45) is 0 Å². The Morgan fingerprint density at radius 3 is 2.63 bits per heavy atom. The number of nitrogens with one attached hydrogen (secondary N) is 1. The van der Waals surface area contributed by atoms with Gasteiger partial charge in [0, 0.05) is 24.5 Å². The molecule has 0 aliphatic carbocycles. The highest BCUT2D eigenvalue weighted by Gasteiger charge is 2.21. The summed E-state index contributed by atoms with van der Waals surface area (Å²) in [4.78, 5) is 15.1. The van der Waals surface area contributed by atoms with E-state index in [9.17, 15) is 4.79 Å². The van der Waals surface area contributed by atoms with E-state index < -0.39 is 6.10 Å². The van der Waals surface area contributed by atoms with Crippen LogP contribution >= 0.6 is 0 Å². The maximum absolute atomic E-state index is 12.7. The SMILES string of the molecule is CC(Oc1ccc(C#N)cc1)C(=O)Nc1ccccc1CN1CCc2ccccc21. The van der Waals surface area contributed by atoms with E-state index in [1.165, 1.54) is 11.3 Å². The van der Waals surface area contributed by atoms with Gasteiger partial charge in [-0.3, -0.25) is 4.79 Å². The van der Waals surface area contributed by atoms with E-state index in [4.69, 9.17) is 10.00 Å². The molecule has 1 aliphatic heterocycles. The Hall–Kier alpha value is -3.78. The van der Waals surface area contributed by atoms with Crippen molar-refractivity contribution in [1.29, 1.82) is 5.26 Å². The van der Waals surface area contributed by atoms with Gasteiger partial charge in [0.05, 0.1) is 11.6 Å². The third-order valence-corrected chi connectivity index (χ3v) is 5.29. The lowest BCUT2D eigenvalue weighted by Gasteiger charge is -2.22. The minimum Gasteiger partial charge on any atom is -0.481 e. The molecule has 1 N–H and O–H groups in total. The number of nitrogens with zero attached hydrogens (tertiary/aromatic N) is 2. The molecule has 0 fully saturated rings. The van der Waals surface area contributed by atoms with Gasteiger partial charge in [0.25, 0.3) is 5.91 Å². The zero-order chi connectivity index (χ0) is 20.9. The molecule has 5 nitrogen and oxygen atoms in total. The van der Waals surface area contributed by atoms with Crippen LogP contribution < -0.4 is 15.0 Å². The highest BCUT2D eigenvalue weighted by Crippen LogP contribution is 2.30. The average molecular weight is 397 g/mol. The molecule has 0 saturated heterocycles. The van der Waals surface area contributed by atoms with Crippen molar-refractivity contribution in [2.75, 3.05) is 16.8 Å². The monoisotopic (exact) mass is 397 g/mol. The molecule has 1 atom stereocenters. The third-order valence-electron chi connectivity index (χ3n) is 5.29. The number of rotatable bonds is 6. The summed E-state index contributed by atoms with van der Waals surface area (Å²) in [5.74, 6) is 0.340. The van der Waals surface area contributed by atoms with Gasteiger partial charge in [-0.25, -0.2) is 0 Å². The Morgan fingerprint density at radius 1 is 1.10 bits per heavy atom. The molecule has 5 heteroatoms. The van der Waals surface area contributed by atoms with Crippen LogP contribution in [0.1, 0.15) is 23.6 Å². The summed E-state index contributed by atoms with van der Waals surface area (Å²) in [7, 11) is 0. The number of hydrogen-bond donors (Lipinski definition) is 1. The van der Waals surface area contributed by atoms with Gasteiger partial charge < -0.3 is 15.0 Å². The molecule has 1 heterocycles. The summed E-state index contributed by atoms with van der Waals surface area (Å²) in [6.07, 6.45) is 0.374. The summed E-state index contributed by atoms with van der Waals surface area (Å²) >= 11 is 0. The number of hydrogen-bond acceptors (Lipinski definition) is 4. The number of nitriles is 1. The second kappa shape index (κ2) is 8.71. The molecule has 3 aromatic rings. The highest BCUT2D eigenvalue weighted by molar-refractivity contribution is 5.94. The fourth-order valence-electron chi connectivity index (χ4n) is 3.66. The van der Waals surface area contributed by atoms with Gasteiger partial charge in [0.2, 0.25) is 0 Å². The van der Waals surface area contributed by atoms with Gasteiger partial charge >= 0.3 is 0 Å². The maximum atomic E-state index is 12.7. The molecule has 150 valence electrons. The first-order valence-corrected chi connectivity index (χ1v) is 10.0. The second-order valence-electron chi connectivity index (χ2n) is 7.34. The Balaban J connectivity index is 1.43. The average Bonchev–Trinajstić information content (AvgIpc) is 3.18. The molecule has 0 bridgehead atoms. The van der Waals surface area contributed by atoms with Crippen molar-refractivity contribution < 1.29 is 9.53 Å². The summed E-state index contributed by atoms with van der Waals surface area (Å²) in [5, 5.41) is 11.9. The number of ether oxygens (including phenoxy) is 1. The Kier molecular flexibility index (Phi) is 5.67. The predicted octanol–water partition coefficient (Wildman–Crippen LogP) is 4.53. The van der Waals surface area contributed by atoms with Crippen LogP contribution in [-0.2, 0) is 17.8 Å². The molecule has 0 aromatic heterocycles.